The number of piperidine rings is 1. The summed E-state index contributed by atoms with van der Waals surface area (Å²) >= 11 is 0. The zero-order chi connectivity index (χ0) is 22.8. The highest BCUT2D eigenvalue weighted by Crippen LogP contribution is 2.45. The van der Waals surface area contributed by atoms with E-state index >= 15 is 0 Å². The number of hydrogen-bond donors (Lipinski definition) is 1. The number of amides is 2. The standard InChI is InChI=1S/C27H26N2O4/c30-18-29(26-12-6-5-7-20(26)19-13-15-28(16-14-19)27(31)32)33-17-25-23-10-3-1-8-21(23)22-9-2-4-11-24(22)25/h1-12,18-19,25H,13-17H2,(H,31,32). The van der Waals surface area contributed by atoms with Crippen LogP contribution < -0.4 is 5.06 Å². The summed E-state index contributed by atoms with van der Waals surface area (Å²) < 4.78 is 0. The maximum atomic E-state index is 12.1. The average Bonchev–Trinajstić information content (AvgIpc) is 3.19. The van der Waals surface area contributed by atoms with Gasteiger partial charge in [-0.2, -0.15) is 5.06 Å². The number of fused-ring (bicyclic) bond motifs is 3. The number of hydrogen-bond acceptors (Lipinski definition) is 3. The number of carbonyl (C=O) groups is 2. The second-order valence-electron chi connectivity index (χ2n) is 8.56. The van der Waals surface area contributed by atoms with Crippen molar-refractivity contribution in [2.24, 2.45) is 0 Å². The Morgan fingerprint density at radius 3 is 2.03 bits per heavy atom. The molecule has 33 heavy (non-hydrogen) atoms. The van der Waals surface area contributed by atoms with Crippen LogP contribution in [0.1, 0.15) is 41.4 Å². The summed E-state index contributed by atoms with van der Waals surface area (Å²) in [7, 11) is 0. The van der Waals surface area contributed by atoms with Gasteiger partial charge in [-0.25, -0.2) is 4.79 Å². The van der Waals surface area contributed by atoms with Crippen molar-refractivity contribution in [3.05, 3.63) is 89.5 Å². The molecular formula is C27H26N2O4. The van der Waals surface area contributed by atoms with Gasteiger partial charge in [0.2, 0.25) is 6.41 Å². The maximum Gasteiger partial charge on any atom is 0.407 e. The van der Waals surface area contributed by atoms with E-state index in [-0.39, 0.29) is 11.8 Å². The molecule has 1 aliphatic heterocycles. The molecule has 5 rings (SSSR count). The molecular weight excluding hydrogens is 416 g/mol. The first-order valence-corrected chi connectivity index (χ1v) is 11.3. The second-order valence-corrected chi connectivity index (χ2v) is 8.56. The zero-order valence-corrected chi connectivity index (χ0v) is 18.3. The summed E-state index contributed by atoms with van der Waals surface area (Å²) in [6, 6.07) is 24.4. The van der Waals surface area contributed by atoms with Crippen molar-refractivity contribution in [2.45, 2.75) is 24.7 Å². The molecule has 6 nitrogen and oxygen atoms in total. The van der Waals surface area contributed by atoms with Crippen molar-refractivity contribution in [1.82, 2.24) is 4.90 Å². The van der Waals surface area contributed by atoms with E-state index in [4.69, 9.17) is 4.84 Å². The van der Waals surface area contributed by atoms with E-state index in [9.17, 15) is 14.7 Å². The van der Waals surface area contributed by atoms with E-state index in [0.29, 0.717) is 19.7 Å². The second kappa shape index (κ2) is 9.08. The van der Waals surface area contributed by atoms with Crippen molar-refractivity contribution >= 4 is 18.2 Å². The molecule has 0 unspecified atom stereocenters. The van der Waals surface area contributed by atoms with E-state index < -0.39 is 6.09 Å². The van der Waals surface area contributed by atoms with Gasteiger partial charge < -0.3 is 10.0 Å². The minimum atomic E-state index is -0.878. The molecule has 1 fully saturated rings. The van der Waals surface area contributed by atoms with Crippen LogP contribution in [0.25, 0.3) is 11.1 Å². The number of anilines is 1. The molecule has 0 atom stereocenters. The molecule has 0 radical (unpaired) electrons. The lowest BCUT2D eigenvalue weighted by atomic mass is 9.88. The highest BCUT2D eigenvalue weighted by atomic mass is 16.7. The van der Waals surface area contributed by atoms with Crippen LogP contribution in [-0.4, -0.2) is 42.2 Å². The number of benzene rings is 3. The van der Waals surface area contributed by atoms with Gasteiger partial charge in [0, 0.05) is 19.0 Å². The monoisotopic (exact) mass is 442 g/mol. The van der Waals surface area contributed by atoms with Gasteiger partial charge in [0.25, 0.3) is 0 Å². The number of carboxylic acid groups (broad SMARTS) is 1. The first kappa shape index (κ1) is 21.2. The first-order valence-electron chi connectivity index (χ1n) is 11.3. The third-order valence-corrected chi connectivity index (χ3v) is 6.82. The third-order valence-electron chi connectivity index (χ3n) is 6.82. The van der Waals surface area contributed by atoms with E-state index in [2.05, 4.69) is 24.3 Å². The Hall–Kier alpha value is -3.64. The molecule has 2 aliphatic rings. The van der Waals surface area contributed by atoms with Crippen LogP contribution in [0.4, 0.5) is 10.5 Å². The molecule has 0 bridgehead atoms. The van der Waals surface area contributed by atoms with E-state index in [1.807, 2.05) is 48.5 Å². The predicted octanol–water partition coefficient (Wildman–Crippen LogP) is 5.25. The molecule has 1 heterocycles. The number of nitrogens with zero attached hydrogens (tertiary/aromatic N) is 2. The van der Waals surface area contributed by atoms with Gasteiger partial charge in [0.15, 0.2) is 0 Å². The molecule has 1 N–H and O–H groups in total. The van der Waals surface area contributed by atoms with Crippen LogP contribution in [0.3, 0.4) is 0 Å². The topological polar surface area (TPSA) is 70.1 Å². The van der Waals surface area contributed by atoms with Crippen molar-refractivity contribution in [3.63, 3.8) is 0 Å². The fraction of sp³-hybridized carbons (Fsp3) is 0.259. The molecule has 2 amide bonds. The fourth-order valence-corrected chi connectivity index (χ4v) is 5.17. The molecule has 0 saturated carbocycles. The Balaban J connectivity index is 1.36. The molecule has 6 heteroatoms. The molecule has 168 valence electrons. The summed E-state index contributed by atoms with van der Waals surface area (Å²) in [6.45, 7) is 1.33. The quantitative estimate of drug-likeness (QED) is 0.418. The fourth-order valence-electron chi connectivity index (χ4n) is 5.17. The number of para-hydroxylation sites is 1. The third kappa shape index (κ3) is 3.98. The van der Waals surface area contributed by atoms with Gasteiger partial charge in [-0.1, -0.05) is 66.7 Å². The first-order chi connectivity index (χ1) is 16.2. The Labute approximate surface area is 193 Å². The summed E-state index contributed by atoms with van der Waals surface area (Å²) in [6.07, 6.45) is 1.29. The zero-order valence-electron chi connectivity index (χ0n) is 18.3. The van der Waals surface area contributed by atoms with E-state index in [0.717, 1.165) is 30.5 Å². The van der Waals surface area contributed by atoms with Crippen LogP contribution in [0.5, 0.6) is 0 Å². The number of likely N-dealkylation sites (tertiary alicyclic amines) is 1. The van der Waals surface area contributed by atoms with Crippen LogP contribution >= 0.6 is 0 Å². The van der Waals surface area contributed by atoms with E-state index in [1.165, 1.54) is 32.2 Å². The molecule has 0 aromatic heterocycles. The summed E-state index contributed by atoms with van der Waals surface area (Å²) in [4.78, 5) is 30.9. The number of rotatable bonds is 6. The summed E-state index contributed by atoms with van der Waals surface area (Å²) in [5.74, 6) is 0.224. The molecule has 1 saturated heterocycles. The smallest absolute Gasteiger partial charge is 0.407 e. The lowest BCUT2D eigenvalue weighted by Gasteiger charge is -2.32. The Morgan fingerprint density at radius 2 is 1.45 bits per heavy atom. The van der Waals surface area contributed by atoms with Crippen LogP contribution in [-0.2, 0) is 9.63 Å². The Morgan fingerprint density at radius 1 is 0.909 bits per heavy atom. The summed E-state index contributed by atoms with van der Waals surface area (Å²) in [5.41, 5.74) is 6.58. The van der Waals surface area contributed by atoms with Crippen molar-refractivity contribution in [1.29, 1.82) is 0 Å². The van der Waals surface area contributed by atoms with Crippen LogP contribution in [0.2, 0.25) is 0 Å². The van der Waals surface area contributed by atoms with Crippen molar-refractivity contribution < 1.29 is 19.5 Å². The minimum absolute atomic E-state index is 0.0471. The van der Waals surface area contributed by atoms with E-state index in [1.54, 1.807) is 0 Å². The van der Waals surface area contributed by atoms with Gasteiger partial charge in [0.05, 0.1) is 12.3 Å². The van der Waals surface area contributed by atoms with Gasteiger partial charge >= 0.3 is 6.09 Å². The number of carbonyl (C=O) groups excluding carboxylic acids is 1. The highest BCUT2D eigenvalue weighted by Gasteiger charge is 2.30. The Bertz CT molecular complexity index is 1120. The predicted molar refractivity (Wildman–Crippen MR) is 126 cm³/mol. The van der Waals surface area contributed by atoms with Crippen molar-refractivity contribution in [2.75, 3.05) is 24.8 Å². The molecule has 1 aliphatic carbocycles. The number of hydroxylamine groups is 1. The van der Waals surface area contributed by atoms with Gasteiger partial charge in [-0.05, 0) is 52.6 Å². The van der Waals surface area contributed by atoms with Crippen LogP contribution in [0.15, 0.2) is 72.8 Å². The van der Waals surface area contributed by atoms with Crippen molar-refractivity contribution in [3.8, 4) is 11.1 Å². The van der Waals surface area contributed by atoms with Gasteiger partial charge in [-0.3, -0.25) is 9.63 Å². The molecule has 0 spiro atoms. The SMILES string of the molecule is O=CN(OCC1c2ccccc2-c2ccccc21)c1ccccc1C1CCN(C(=O)O)CC1. The largest absolute Gasteiger partial charge is 0.465 e. The lowest BCUT2D eigenvalue weighted by Crippen LogP contribution is -2.37. The normalized spacial score (nSPS) is 15.7. The van der Waals surface area contributed by atoms with Crippen LogP contribution in [0, 0.1) is 0 Å². The highest BCUT2D eigenvalue weighted by molar-refractivity contribution is 5.79. The average molecular weight is 443 g/mol. The summed E-state index contributed by atoms with van der Waals surface area (Å²) in [5, 5.41) is 10.6. The minimum Gasteiger partial charge on any atom is -0.465 e. The Kier molecular flexibility index (Phi) is 5.84. The van der Waals surface area contributed by atoms with Gasteiger partial charge in [0.1, 0.15) is 0 Å². The molecule has 3 aromatic rings. The van der Waals surface area contributed by atoms with Gasteiger partial charge in [-0.15, -0.1) is 0 Å². The maximum absolute atomic E-state index is 12.1. The lowest BCUT2D eigenvalue weighted by molar-refractivity contribution is -0.114. The molecule has 3 aromatic carbocycles.